The lowest BCUT2D eigenvalue weighted by Crippen LogP contribution is -2.43. The second-order valence-electron chi connectivity index (χ2n) is 6.18. The molecular formula is C17H29NO6. The van der Waals surface area contributed by atoms with Crippen molar-refractivity contribution in [2.75, 3.05) is 6.54 Å². The van der Waals surface area contributed by atoms with Crippen molar-refractivity contribution in [1.82, 2.24) is 5.32 Å². The molecule has 1 amide bonds. The molecular weight excluding hydrogens is 314 g/mol. The van der Waals surface area contributed by atoms with Gasteiger partial charge in [0.05, 0.1) is 30.6 Å². The Morgan fingerprint density at radius 1 is 1.04 bits per heavy atom. The van der Waals surface area contributed by atoms with Crippen LogP contribution in [-0.4, -0.2) is 51.7 Å². The van der Waals surface area contributed by atoms with Crippen molar-refractivity contribution in [3.63, 3.8) is 0 Å². The van der Waals surface area contributed by atoms with Crippen LogP contribution in [0.2, 0.25) is 0 Å². The summed E-state index contributed by atoms with van der Waals surface area (Å²) in [4.78, 5) is 34.9. The fraction of sp³-hybridized carbons (Fsp3) is 0.706. The van der Waals surface area contributed by atoms with Crippen LogP contribution in [0.3, 0.4) is 0 Å². The molecule has 0 radical (unpaired) electrons. The molecule has 5 atom stereocenters. The maximum absolute atomic E-state index is 12.0. The Bertz CT molecular complexity index is 487. The van der Waals surface area contributed by atoms with E-state index >= 15 is 0 Å². The Balaban J connectivity index is 4.62. The van der Waals surface area contributed by atoms with Gasteiger partial charge in [-0.3, -0.25) is 14.4 Å². The zero-order valence-corrected chi connectivity index (χ0v) is 14.9. The molecule has 24 heavy (non-hydrogen) atoms. The number of aliphatic hydroxyl groups is 2. The molecule has 7 nitrogen and oxygen atoms in total. The highest BCUT2D eigenvalue weighted by atomic mass is 16.4. The monoisotopic (exact) mass is 343 g/mol. The summed E-state index contributed by atoms with van der Waals surface area (Å²) in [6, 6.07) is 0. The average Bonchev–Trinajstić information content (AvgIpc) is 2.55. The summed E-state index contributed by atoms with van der Waals surface area (Å²) in [6.45, 7) is 7.63. The molecule has 0 bridgehead atoms. The van der Waals surface area contributed by atoms with Crippen molar-refractivity contribution in [3.8, 4) is 0 Å². The van der Waals surface area contributed by atoms with E-state index in [2.05, 4.69) is 5.32 Å². The van der Waals surface area contributed by atoms with Gasteiger partial charge in [-0.05, 0) is 25.8 Å². The Hall–Kier alpha value is -1.73. The maximum Gasteiger partial charge on any atom is 0.308 e. The van der Waals surface area contributed by atoms with E-state index in [4.69, 9.17) is 5.11 Å². The number of ketones is 1. The summed E-state index contributed by atoms with van der Waals surface area (Å²) in [7, 11) is 0. The highest BCUT2D eigenvalue weighted by molar-refractivity contribution is 5.89. The minimum Gasteiger partial charge on any atom is -0.481 e. The molecule has 138 valence electrons. The molecule has 0 saturated carbocycles. The maximum atomic E-state index is 12.0. The van der Waals surface area contributed by atoms with Crippen molar-refractivity contribution in [2.24, 2.45) is 17.8 Å². The first-order valence-electron chi connectivity index (χ1n) is 8.10. The van der Waals surface area contributed by atoms with Crippen LogP contribution in [0, 0.1) is 17.8 Å². The van der Waals surface area contributed by atoms with E-state index in [-0.39, 0.29) is 6.54 Å². The minimum atomic E-state index is -1.33. The van der Waals surface area contributed by atoms with Crippen molar-refractivity contribution in [1.29, 1.82) is 0 Å². The van der Waals surface area contributed by atoms with E-state index in [0.29, 0.717) is 5.57 Å². The molecule has 0 fully saturated rings. The summed E-state index contributed by atoms with van der Waals surface area (Å²) < 4.78 is 0. The molecule has 0 aliphatic heterocycles. The minimum absolute atomic E-state index is 0.322. The number of amides is 1. The molecule has 0 heterocycles. The van der Waals surface area contributed by atoms with E-state index in [1.54, 1.807) is 13.8 Å². The summed E-state index contributed by atoms with van der Waals surface area (Å²) in [5, 5.41) is 31.2. The van der Waals surface area contributed by atoms with Crippen LogP contribution >= 0.6 is 0 Å². The largest absolute Gasteiger partial charge is 0.481 e. The molecule has 7 heteroatoms. The van der Waals surface area contributed by atoms with Gasteiger partial charge in [0.2, 0.25) is 5.91 Å². The second kappa shape index (κ2) is 10.2. The summed E-state index contributed by atoms with van der Waals surface area (Å²) in [6.07, 6.45) is 0.304. The second-order valence-corrected chi connectivity index (χ2v) is 6.18. The van der Waals surface area contributed by atoms with Gasteiger partial charge in [-0.15, -0.1) is 0 Å². The van der Waals surface area contributed by atoms with Gasteiger partial charge < -0.3 is 20.6 Å². The Morgan fingerprint density at radius 2 is 1.58 bits per heavy atom. The number of rotatable bonds is 10. The predicted molar refractivity (Wildman–Crippen MR) is 89.2 cm³/mol. The predicted octanol–water partition coefficient (Wildman–Crippen LogP) is 0.743. The molecule has 0 saturated heterocycles. The SMILES string of the molecule is CC/C=C(\C)[C@H](O)[C@H](C)C(=O)NCC(=O)[C@H](C)[C@H](O)[C@H](C)C(=O)O. The fourth-order valence-corrected chi connectivity index (χ4v) is 2.25. The number of nitrogens with one attached hydrogen (secondary N) is 1. The number of carboxylic acids is 1. The standard InChI is InChI=1S/C17H29NO6/c1-6-7-9(2)14(20)11(4)16(22)18-8-13(19)10(3)15(21)12(5)17(23)24/h7,10-12,14-15,20-21H,6,8H2,1-5H3,(H,18,22)(H,23,24)/b9-7+/t10-,11-,12-,14-,15-/m0/s1. The van der Waals surface area contributed by atoms with Gasteiger partial charge in [-0.2, -0.15) is 0 Å². The Morgan fingerprint density at radius 3 is 2.04 bits per heavy atom. The third-order valence-electron chi connectivity index (χ3n) is 4.24. The van der Waals surface area contributed by atoms with Gasteiger partial charge in [-0.1, -0.05) is 26.8 Å². The average molecular weight is 343 g/mol. The molecule has 0 rings (SSSR count). The summed E-state index contributed by atoms with van der Waals surface area (Å²) in [5.41, 5.74) is 0.686. The highest BCUT2D eigenvalue weighted by Gasteiger charge is 2.31. The lowest BCUT2D eigenvalue weighted by Gasteiger charge is -2.22. The molecule has 0 aromatic heterocycles. The van der Waals surface area contributed by atoms with Gasteiger partial charge in [-0.25, -0.2) is 0 Å². The lowest BCUT2D eigenvalue weighted by atomic mass is 9.90. The molecule has 4 N–H and O–H groups in total. The van der Waals surface area contributed by atoms with E-state index in [0.717, 1.165) is 6.42 Å². The summed E-state index contributed by atoms with van der Waals surface area (Å²) in [5.74, 6) is -4.86. The highest BCUT2D eigenvalue weighted by Crippen LogP contribution is 2.15. The van der Waals surface area contributed by atoms with Crippen molar-refractivity contribution in [3.05, 3.63) is 11.6 Å². The molecule has 0 unspecified atom stereocenters. The number of hydrogen-bond acceptors (Lipinski definition) is 5. The number of carbonyl (C=O) groups excluding carboxylic acids is 2. The number of aliphatic carboxylic acids is 1. The third-order valence-corrected chi connectivity index (χ3v) is 4.24. The van der Waals surface area contributed by atoms with Crippen LogP contribution in [0.25, 0.3) is 0 Å². The van der Waals surface area contributed by atoms with E-state index in [1.165, 1.54) is 13.8 Å². The molecule has 0 aromatic rings. The first kappa shape index (κ1) is 22.3. The van der Waals surface area contributed by atoms with Crippen molar-refractivity contribution in [2.45, 2.75) is 53.2 Å². The summed E-state index contributed by atoms with van der Waals surface area (Å²) >= 11 is 0. The van der Waals surface area contributed by atoms with E-state index in [1.807, 2.05) is 13.0 Å². The van der Waals surface area contributed by atoms with Gasteiger partial charge in [0.1, 0.15) is 0 Å². The first-order valence-corrected chi connectivity index (χ1v) is 8.10. The molecule has 0 spiro atoms. The zero-order chi connectivity index (χ0) is 19.0. The van der Waals surface area contributed by atoms with Gasteiger partial charge in [0.15, 0.2) is 5.78 Å². The zero-order valence-electron chi connectivity index (χ0n) is 14.9. The fourth-order valence-electron chi connectivity index (χ4n) is 2.25. The van der Waals surface area contributed by atoms with Crippen LogP contribution in [0.15, 0.2) is 11.6 Å². The van der Waals surface area contributed by atoms with E-state index in [9.17, 15) is 24.6 Å². The molecule has 0 aliphatic rings. The number of carboxylic acid groups (broad SMARTS) is 1. The van der Waals surface area contributed by atoms with Crippen molar-refractivity contribution >= 4 is 17.7 Å². The Labute approximate surface area is 142 Å². The van der Waals surface area contributed by atoms with Crippen LogP contribution < -0.4 is 5.32 Å². The number of aliphatic hydroxyl groups excluding tert-OH is 2. The quantitative estimate of drug-likeness (QED) is 0.434. The smallest absolute Gasteiger partial charge is 0.308 e. The van der Waals surface area contributed by atoms with Gasteiger partial charge in [0, 0.05) is 5.92 Å². The van der Waals surface area contributed by atoms with Crippen LogP contribution in [0.5, 0.6) is 0 Å². The van der Waals surface area contributed by atoms with Gasteiger partial charge in [0.25, 0.3) is 0 Å². The normalized spacial score (nSPS) is 18.2. The topological polar surface area (TPSA) is 124 Å². The number of Topliss-reactive ketones (excluding diaryl/α,β-unsaturated/α-hetero) is 1. The molecule has 0 aromatic carbocycles. The lowest BCUT2D eigenvalue weighted by molar-refractivity contribution is -0.147. The van der Waals surface area contributed by atoms with Crippen LogP contribution in [0.1, 0.15) is 41.0 Å². The van der Waals surface area contributed by atoms with Gasteiger partial charge >= 0.3 is 5.97 Å². The third kappa shape index (κ3) is 6.41. The van der Waals surface area contributed by atoms with E-state index < -0.39 is 47.6 Å². The van der Waals surface area contributed by atoms with Crippen molar-refractivity contribution < 1.29 is 29.7 Å². The van der Waals surface area contributed by atoms with Crippen LogP contribution in [-0.2, 0) is 14.4 Å². The number of hydrogen-bond donors (Lipinski definition) is 4. The van der Waals surface area contributed by atoms with Crippen LogP contribution in [0.4, 0.5) is 0 Å². The number of allylic oxidation sites excluding steroid dienone is 1. The Kier molecular flexibility index (Phi) is 9.47. The molecule has 0 aliphatic carbocycles. The number of carbonyl (C=O) groups is 3. The first-order chi connectivity index (χ1) is 11.0.